The first-order chi connectivity index (χ1) is 7.93. The molecule has 0 bridgehead atoms. The van der Waals surface area contributed by atoms with Crippen LogP contribution in [0.3, 0.4) is 0 Å². The molecule has 1 aliphatic rings. The minimum absolute atomic E-state index is 0.569. The molecule has 1 atom stereocenters. The molecule has 1 aliphatic heterocycles. The first-order valence-electron chi connectivity index (χ1n) is 6.90. The molecule has 1 unspecified atom stereocenters. The van der Waals surface area contributed by atoms with Gasteiger partial charge in [0.2, 0.25) is 0 Å². The Morgan fingerprint density at radius 3 is 2.88 bits per heavy atom. The van der Waals surface area contributed by atoms with Crippen molar-refractivity contribution in [3.8, 4) is 0 Å². The zero-order valence-corrected chi connectivity index (χ0v) is 10.7. The number of ether oxygens (including phenoxy) is 1. The fourth-order valence-corrected chi connectivity index (χ4v) is 2.06. The summed E-state index contributed by atoms with van der Waals surface area (Å²) >= 11 is 0. The highest BCUT2D eigenvalue weighted by Crippen LogP contribution is 2.17. The van der Waals surface area contributed by atoms with Crippen LogP contribution in [0, 0.1) is 0 Å². The van der Waals surface area contributed by atoms with Crippen LogP contribution in [-0.2, 0) is 4.74 Å². The van der Waals surface area contributed by atoms with Crippen molar-refractivity contribution in [2.75, 3.05) is 19.7 Å². The van der Waals surface area contributed by atoms with Crippen molar-refractivity contribution in [1.82, 2.24) is 5.32 Å². The maximum Gasteiger partial charge on any atom is 0.0576 e. The molecule has 0 aliphatic carbocycles. The van der Waals surface area contributed by atoms with E-state index in [-0.39, 0.29) is 0 Å². The minimum Gasteiger partial charge on any atom is -0.378 e. The molecule has 0 aromatic heterocycles. The standard InChI is InChI=1S/C14H27NO/c1-2-11-15-12-7-5-3-4-6-9-14-10-8-13-16-14/h3,5,14-15H,2,4,6-13H2,1H3. The summed E-state index contributed by atoms with van der Waals surface area (Å²) in [6.45, 7) is 5.46. The molecule has 2 nitrogen and oxygen atoms in total. The summed E-state index contributed by atoms with van der Waals surface area (Å²) in [4.78, 5) is 0. The van der Waals surface area contributed by atoms with Crippen molar-refractivity contribution >= 4 is 0 Å². The lowest BCUT2D eigenvalue weighted by molar-refractivity contribution is 0.103. The highest BCUT2D eigenvalue weighted by molar-refractivity contribution is 4.82. The number of rotatable bonds is 9. The molecule has 1 heterocycles. The fraction of sp³-hybridized carbons (Fsp3) is 0.857. The average Bonchev–Trinajstić information content (AvgIpc) is 2.80. The summed E-state index contributed by atoms with van der Waals surface area (Å²) in [5.74, 6) is 0. The first kappa shape index (κ1) is 13.7. The topological polar surface area (TPSA) is 21.3 Å². The van der Waals surface area contributed by atoms with Crippen LogP contribution >= 0.6 is 0 Å². The summed E-state index contributed by atoms with van der Waals surface area (Å²) in [6.07, 6.45) is 13.9. The van der Waals surface area contributed by atoms with Crippen LogP contribution in [0.5, 0.6) is 0 Å². The second-order valence-corrected chi connectivity index (χ2v) is 4.58. The second kappa shape index (κ2) is 9.86. The van der Waals surface area contributed by atoms with E-state index >= 15 is 0 Å². The van der Waals surface area contributed by atoms with E-state index in [1.807, 2.05) is 0 Å². The molecule has 0 saturated carbocycles. The van der Waals surface area contributed by atoms with Crippen LogP contribution in [0.25, 0.3) is 0 Å². The highest BCUT2D eigenvalue weighted by atomic mass is 16.5. The van der Waals surface area contributed by atoms with E-state index in [0.717, 1.165) is 19.7 Å². The lowest BCUT2D eigenvalue weighted by atomic mass is 10.1. The number of hydrogen-bond acceptors (Lipinski definition) is 2. The Kier molecular flexibility index (Phi) is 8.45. The monoisotopic (exact) mass is 225 g/mol. The molecule has 0 radical (unpaired) electrons. The molecule has 94 valence electrons. The van der Waals surface area contributed by atoms with Crippen molar-refractivity contribution in [3.05, 3.63) is 12.2 Å². The fourth-order valence-electron chi connectivity index (χ4n) is 2.06. The Labute approximate surface area is 100 Å². The van der Waals surface area contributed by atoms with Gasteiger partial charge in [-0.1, -0.05) is 19.1 Å². The van der Waals surface area contributed by atoms with Crippen LogP contribution in [0.4, 0.5) is 0 Å². The zero-order valence-electron chi connectivity index (χ0n) is 10.7. The summed E-state index contributed by atoms with van der Waals surface area (Å²) in [5.41, 5.74) is 0. The summed E-state index contributed by atoms with van der Waals surface area (Å²) < 4.78 is 5.59. The molecule has 1 N–H and O–H groups in total. The Morgan fingerprint density at radius 2 is 2.12 bits per heavy atom. The third-order valence-corrected chi connectivity index (χ3v) is 3.00. The smallest absolute Gasteiger partial charge is 0.0576 e. The maximum absolute atomic E-state index is 5.59. The average molecular weight is 225 g/mol. The van der Waals surface area contributed by atoms with Gasteiger partial charge >= 0.3 is 0 Å². The van der Waals surface area contributed by atoms with Gasteiger partial charge in [-0.15, -0.1) is 0 Å². The van der Waals surface area contributed by atoms with Crippen LogP contribution in [0.1, 0.15) is 51.9 Å². The quantitative estimate of drug-likeness (QED) is 0.480. The second-order valence-electron chi connectivity index (χ2n) is 4.58. The lowest BCUT2D eigenvalue weighted by Crippen LogP contribution is -2.14. The lowest BCUT2D eigenvalue weighted by Gasteiger charge is -2.06. The Bertz CT molecular complexity index is 174. The number of nitrogens with one attached hydrogen (secondary N) is 1. The van der Waals surface area contributed by atoms with E-state index < -0.39 is 0 Å². The molecular weight excluding hydrogens is 198 g/mol. The van der Waals surface area contributed by atoms with Crippen molar-refractivity contribution in [2.45, 2.75) is 58.0 Å². The van der Waals surface area contributed by atoms with Gasteiger partial charge in [0.25, 0.3) is 0 Å². The molecule has 16 heavy (non-hydrogen) atoms. The molecule has 0 spiro atoms. The van der Waals surface area contributed by atoms with Gasteiger partial charge in [-0.25, -0.2) is 0 Å². The third kappa shape index (κ3) is 7.02. The van der Waals surface area contributed by atoms with Gasteiger partial charge in [0, 0.05) is 6.61 Å². The Morgan fingerprint density at radius 1 is 1.25 bits per heavy atom. The summed E-state index contributed by atoms with van der Waals surface area (Å²) in [6, 6.07) is 0. The van der Waals surface area contributed by atoms with E-state index in [0.29, 0.717) is 6.10 Å². The van der Waals surface area contributed by atoms with E-state index in [1.54, 1.807) is 0 Å². The zero-order chi connectivity index (χ0) is 11.5. The summed E-state index contributed by atoms with van der Waals surface area (Å²) in [5, 5.41) is 3.40. The van der Waals surface area contributed by atoms with Crippen molar-refractivity contribution in [3.63, 3.8) is 0 Å². The van der Waals surface area contributed by atoms with Crippen LogP contribution < -0.4 is 5.32 Å². The molecule has 0 amide bonds. The maximum atomic E-state index is 5.59. The predicted octanol–water partition coefficient (Wildman–Crippen LogP) is 3.28. The molecule has 1 saturated heterocycles. The van der Waals surface area contributed by atoms with Gasteiger partial charge in [0.05, 0.1) is 6.10 Å². The van der Waals surface area contributed by atoms with Crippen molar-refractivity contribution in [1.29, 1.82) is 0 Å². The SMILES string of the molecule is CCCNCCC=CCCCC1CCCO1. The molecule has 2 heteroatoms. The van der Waals surface area contributed by atoms with Crippen LogP contribution in [0.2, 0.25) is 0 Å². The van der Waals surface area contributed by atoms with E-state index in [9.17, 15) is 0 Å². The van der Waals surface area contributed by atoms with Gasteiger partial charge in [0.1, 0.15) is 0 Å². The van der Waals surface area contributed by atoms with Gasteiger partial charge in [-0.3, -0.25) is 0 Å². The van der Waals surface area contributed by atoms with Gasteiger partial charge in [-0.05, 0) is 58.0 Å². The van der Waals surface area contributed by atoms with Crippen LogP contribution in [0.15, 0.2) is 12.2 Å². The molecule has 1 rings (SSSR count). The van der Waals surface area contributed by atoms with Crippen molar-refractivity contribution < 1.29 is 4.74 Å². The molecule has 0 aromatic carbocycles. The number of unbranched alkanes of at least 4 members (excludes halogenated alkanes) is 1. The third-order valence-electron chi connectivity index (χ3n) is 3.00. The number of allylic oxidation sites excluding steroid dienone is 1. The molecular formula is C14H27NO. The van der Waals surface area contributed by atoms with Gasteiger partial charge in [-0.2, -0.15) is 0 Å². The van der Waals surface area contributed by atoms with Crippen molar-refractivity contribution in [2.24, 2.45) is 0 Å². The Hall–Kier alpha value is -0.340. The Balaban J connectivity index is 1.80. The molecule has 0 aromatic rings. The van der Waals surface area contributed by atoms with E-state index in [1.165, 1.54) is 44.9 Å². The molecule has 1 fully saturated rings. The highest BCUT2D eigenvalue weighted by Gasteiger charge is 2.13. The number of hydrogen-bond donors (Lipinski definition) is 1. The van der Waals surface area contributed by atoms with E-state index in [4.69, 9.17) is 4.74 Å². The minimum atomic E-state index is 0.569. The largest absolute Gasteiger partial charge is 0.378 e. The predicted molar refractivity (Wildman–Crippen MR) is 69.7 cm³/mol. The summed E-state index contributed by atoms with van der Waals surface area (Å²) in [7, 11) is 0. The van der Waals surface area contributed by atoms with Crippen LogP contribution in [-0.4, -0.2) is 25.8 Å². The van der Waals surface area contributed by atoms with E-state index in [2.05, 4.69) is 24.4 Å². The van der Waals surface area contributed by atoms with Gasteiger partial charge in [0.15, 0.2) is 0 Å². The normalized spacial score (nSPS) is 20.9. The first-order valence-corrected chi connectivity index (χ1v) is 6.90. The van der Waals surface area contributed by atoms with Gasteiger partial charge < -0.3 is 10.1 Å².